The lowest BCUT2D eigenvalue weighted by molar-refractivity contribution is -0.187. The summed E-state index contributed by atoms with van der Waals surface area (Å²) in [4.78, 5) is 12.4. The Balaban J connectivity index is 1.78. The van der Waals surface area contributed by atoms with E-state index in [1.54, 1.807) is 0 Å². The zero-order valence-electron chi connectivity index (χ0n) is 12.8. The van der Waals surface area contributed by atoms with Crippen LogP contribution < -0.4 is 14.8 Å². The zero-order chi connectivity index (χ0) is 17.3. The van der Waals surface area contributed by atoms with Crippen LogP contribution in [0.2, 0.25) is 5.02 Å². The van der Waals surface area contributed by atoms with Crippen LogP contribution in [0, 0.1) is 5.92 Å². The highest BCUT2D eigenvalue weighted by Crippen LogP contribution is 2.40. The maximum absolute atomic E-state index is 13.1. The van der Waals surface area contributed by atoms with Crippen LogP contribution in [-0.4, -0.2) is 31.3 Å². The summed E-state index contributed by atoms with van der Waals surface area (Å²) in [6.45, 7) is 0.681. The van der Waals surface area contributed by atoms with Gasteiger partial charge in [-0.25, -0.2) is 0 Å². The van der Waals surface area contributed by atoms with Crippen LogP contribution in [0.3, 0.4) is 0 Å². The van der Waals surface area contributed by atoms with E-state index in [0.29, 0.717) is 44.0 Å². The largest absolute Gasteiger partial charge is 0.486 e. The Morgan fingerprint density at radius 2 is 1.88 bits per heavy atom. The molecule has 1 saturated carbocycles. The van der Waals surface area contributed by atoms with Gasteiger partial charge < -0.3 is 14.8 Å². The van der Waals surface area contributed by atoms with Crippen LogP contribution >= 0.6 is 11.6 Å². The van der Waals surface area contributed by atoms with Gasteiger partial charge in [-0.2, -0.15) is 13.2 Å². The lowest BCUT2D eigenvalue weighted by Crippen LogP contribution is -2.47. The van der Waals surface area contributed by atoms with Crippen LogP contribution in [0.5, 0.6) is 11.5 Å². The van der Waals surface area contributed by atoms with Crippen molar-refractivity contribution >= 4 is 17.5 Å². The predicted octanol–water partition coefficient (Wildman–Crippen LogP) is 3.96. The Morgan fingerprint density at radius 3 is 2.62 bits per heavy atom. The van der Waals surface area contributed by atoms with Gasteiger partial charge in [0.2, 0.25) is 0 Å². The molecule has 0 radical (unpaired) electrons. The van der Waals surface area contributed by atoms with Crippen LogP contribution in [0.4, 0.5) is 13.2 Å². The van der Waals surface area contributed by atoms with Crippen molar-refractivity contribution < 1.29 is 27.4 Å². The number of hydrogen-bond acceptors (Lipinski definition) is 3. The summed E-state index contributed by atoms with van der Waals surface area (Å²) in [5.41, 5.74) is 0.163. The van der Waals surface area contributed by atoms with Gasteiger partial charge in [-0.15, -0.1) is 0 Å². The van der Waals surface area contributed by atoms with E-state index >= 15 is 0 Å². The first kappa shape index (κ1) is 17.2. The second-order valence-corrected chi connectivity index (χ2v) is 6.40. The first-order chi connectivity index (χ1) is 11.4. The maximum atomic E-state index is 13.1. The molecular formula is C16H17ClF3NO3. The fraction of sp³-hybridized carbons (Fsp3) is 0.562. The average Bonchev–Trinajstić information content (AvgIpc) is 2.54. The summed E-state index contributed by atoms with van der Waals surface area (Å²) in [5, 5.41) is 2.71. The molecule has 132 valence electrons. The minimum atomic E-state index is -4.32. The van der Waals surface area contributed by atoms with Gasteiger partial charge in [0.25, 0.3) is 5.91 Å². The first-order valence-corrected chi connectivity index (χ1v) is 8.21. The van der Waals surface area contributed by atoms with Crippen molar-refractivity contribution in [2.24, 2.45) is 5.92 Å². The van der Waals surface area contributed by atoms with E-state index in [-0.39, 0.29) is 17.0 Å². The molecule has 0 aromatic heterocycles. The van der Waals surface area contributed by atoms with Crippen molar-refractivity contribution in [1.29, 1.82) is 0 Å². The third kappa shape index (κ3) is 3.55. The molecule has 1 fully saturated rings. The smallest absolute Gasteiger partial charge is 0.393 e. The van der Waals surface area contributed by atoms with Gasteiger partial charge in [0.1, 0.15) is 13.2 Å². The quantitative estimate of drug-likeness (QED) is 0.865. The fourth-order valence-electron chi connectivity index (χ4n) is 3.19. The Bertz CT molecular complexity index is 636. The van der Waals surface area contributed by atoms with Crippen LogP contribution in [0.1, 0.15) is 36.0 Å². The van der Waals surface area contributed by atoms with Gasteiger partial charge in [0.05, 0.1) is 10.9 Å². The molecule has 3 rings (SSSR count). The molecule has 8 heteroatoms. The molecule has 1 aromatic rings. The third-order valence-electron chi connectivity index (χ3n) is 4.36. The Labute approximate surface area is 142 Å². The van der Waals surface area contributed by atoms with Crippen molar-refractivity contribution in [3.05, 3.63) is 22.7 Å². The normalized spacial score (nSPS) is 23.7. The zero-order valence-corrected chi connectivity index (χ0v) is 13.5. The number of nitrogens with one attached hydrogen (secondary N) is 1. The summed E-state index contributed by atoms with van der Waals surface area (Å²) in [6, 6.07) is 1.91. The number of benzene rings is 1. The molecule has 0 unspecified atom stereocenters. The molecule has 0 spiro atoms. The molecule has 4 nitrogen and oxygen atoms in total. The monoisotopic (exact) mass is 363 g/mol. The van der Waals surface area contributed by atoms with E-state index < -0.39 is 24.0 Å². The van der Waals surface area contributed by atoms with Crippen LogP contribution in [0.15, 0.2) is 12.1 Å². The van der Waals surface area contributed by atoms with E-state index in [1.807, 2.05) is 0 Å². The average molecular weight is 364 g/mol. The lowest BCUT2D eigenvalue weighted by Gasteiger charge is -2.33. The SMILES string of the molecule is O=C(N[C@@H]1CCCC[C@@H]1C(F)(F)F)c1cc(Cl)c2c(c1)OCCO2. The van der Waals surface area contributed by atoms with Gasteiger partial charge in [-0.1, -0.05) is 24.4 Å². The van der Waals surface area contributed by atoms with Gasteiger partial charge >= 0.3 is 6.18 Å². The number of alkyl halides is 3. The lowest BCUT2D eigenvalue weighted by atomic mass is 9.84. The van der Waals surface area contributed by atoms with Crippen molar-refractivity contribution in [1.82, 2.24) is 5.32 Å². The van der Waals surface area contributed by atoms with Crippen molar-refractivity contribution in [2.45, 2.75) is 37.9 Å². The summed E-state index contributed by atoms with van der Waals surface area (Å²) in [7, 11) is 0. The third-order valence-corrected chi connectivity index (χ3v) is 4.64. The second-order valence-electron chi connectivity index (χ2n) is 5.99. The van der Waals surface area contributed by atoms with Crippen LogP contribution in [0.25, 0.3) is 0 Å². The minimum absolute atomic E-state index is 0.0380. The molecule has 1 heterocycles. The summed E-state index contributed by atoms with van der Waals surface area (Å²) in [5.74, 6) is -1.42. The Kier molecular flexibility index (Phi) is 4.80. The van der Waals surface area contributed by atoms with Crippen molar-refractivity contribution in [3.63, 3.8) is 0 Å². The number of rotatable bonds is 2. The molecule has 1 aliphatic heterocycles. The minimum Gasteiger partial charge on any atom is -0.486 e. The van der Waals surface area contributed by atoms with Crippen molar-refractivity contribution in [3.8, 4) is 11.5 Å². The molecule has 2 atom stereocenters. The molecule has 1 N–H and O–H groups in total. The van der Waals surface area contributed by atoms with E-state index in [2.05, 4.69) is 5.32 Å². The summed E-state index contributed by atoms with van der Waals surface area (Å²) >= 11 is 6.07. The van der Waals surface area contributed by atoms with Crippen molar-refractivity contribution in [2.75, 3.05) is 13.2 Å². The molecule has 0 bridgehead atoms. The molecular weight excluding hydrogens is 347 g/mol. The number of carbonyl (C=O) groups is 1. The molecule has 0 saturated heterocycles. The first-order valence-electron chi connectivity index (χ1n) is 7.83. The topological polar surface area (TPSA) is 47.6 Å². The van der Waals surface area contributed by atoms with E-state index in [1.165, 1.54) is 12.1 Å². The van der Waals surface area contributed by atoms with Crippen LogP contribution in [-0.2, 0) is 0 Å². The predicted molar refractivity (Wildman–Crippen MR) is 81.7 cm³/mol. The Morgan fingerprint density at radius 1 is 1.17 bits per heavy atom. The molecule has 1 aromatic carbocycles. The number of amides is 1. The highest BCUT2D eigenvalue weighted by atomic mass is 35.5. The van der Waals surface area contributed by atoms with E-state index in [9.17, 15) is 18.0 Å². The number of carbonyl (C=O) groups excluding carboxylic acids is 1. The fourth-order valence-corrected chi connectivity index (χ4v) is 3.45. The van der Waals surface area contributed by atoms with E-state index in [4.69, 9.17) is 21.1 Å². The van der Waals surface area contributed by atoms with E-state index in [0.717, 1.165) is 0 Å². The number of ether oxygens (including phenoxy) is 2. The standard InChI is InChI=1S/C16H17ClF3NO3/c17-11-7-9(8-13-14(11)24-6-5-23-13)15(22)21-12-4-2-1-3-10(12)16(18,19)20/h7-8,10,12H,1-6H2,(H,21,22)/t10-,12+/m0/s1. The maximum Gasteiger partial charge on any atom is 0.393 e. The number of fused-ring (bicyclic) bond motifs is 1. The summed E-state index contributed by atoms with van der Waals surface area (Å²) < 4.78 is 50.1. The number of hydrogen-bond donors (Lipinski definition) is 1. The molecule has 24 heavy (non-hydrogen) atoms. The van der Waals surface area contributed by atoms with Gasteiger partial charge in [-0.3, -0.25) is 4.79 Å². The Hall–Kier alpha value is -1.63. The highest BCUT2D eigenvalue weighted by Gasteiger charge is 2.46. The molecule has 2 aliphatic rings. The highest BCUT2D eigenvalue weighted by molar-refractivity contribution is 6.32. The molecule has 1 amide bonds. The van der Waals surface area contributed by atoms with Gasteiger partial charge in [-0.05, 0) is 25.0 Å². The number of halogens is 4. The van der Waals surface area contributed by atoms with Gasteiger partial charge in [0.15, 0.2) is 11.5 Å². The summed E-state index contributed by atoms with van der Waals surface area (Å²) in [6.07, 6.45) is -2.78. The molecule has 1 aliphatic carbocycles. The van der Waals surface area contributed by atoms with Gasteiger partial charge in [0, 0.05) is 11.6 Å². The second kappa shape index (κ2) is 6.70.